The van der Waals surface area contributed by atoms with Gasteiger partial charge < -0.3 is 23.8 Å². The molecule has 3 saturated heterocycles. The van der Waals surface area contributed by atoms with Crippen LogP contribution in [0.15, 0.2) is 55.3 Å². The molecule has 5 heterocycles. The Morgan fingerprint density at radius 3 is 2.89 bits per heavy atom. The first-order valence-electron chi connectivity index (χ1n) is 12.2. The number of piperidine rings is 3. The van der Waals surface area contributed by atoms with Crippen molar-refractivity contribution in [2.45, 2.75) is 31.5 Å². The lowest BCUT2D eigenvalue weighted by atomic mass is 9.71. The van der Waals surface area contributed by atoms with Crippen molar-refractivity contribution in [1.82, 2.24) is 4.98 Å². The van der Waals surface area contributed by atoms with Crippen molar-refractivity contribution in [3.05, 3.63) is 71.4 Å². The molecular formula is C28H30ClN2O4+. The third-order valence-electron chi connectivity index (χ3n) is 8.37. The number of methoxy groups -OCH3 is 1. The van der Waals surface area contributed by atoms with Crippen molar-refractivity contribution in [1.29, 1.82) is 0 Å². The molecule has 4 aliphatic rings. The number of rotatable bonds is 6. The van der Waals surface area contributed by atoms with Gasteiger partial charge in [0.2, 0.25) is 6.79 Å². The van der Waals surface area contributed by atoms with Gasteiger partial charge in [0.15, 0.2) is 11.5 Å². The molecule has 1 N–H and O–H groups in total. The highest BCUT2D eigenvalue weighted by molar-refractivity contribution is 6.31. The second-order valence-corrected chi connectivity index (χ2v) is 10.5. The number of pyridine rings is 1. The minimum Gasteiger partial charge on any atom is -0.497 e. The number of aromatic nitrogens is 1. The van der Waals surface area contributed by atoms with Gasteiger partial charge in [-0.05, 0) is 41.8 Å². The van der Waals surface area contributed by atoms with Gasteiger partial charge in [-0.15, -0.1) is 6.58 Å². The highest BCUT2D eigenvalue weighted by atomic mass is 35.5. The van der Waals surface area contributed by atoms with Gasteiger partial charge in [-0.25, -0.2) is 0 Å². The Labute approximate surface area is 210 Å². The van der Waals surface area contributed by atoms with Crippen LogP contribution in [-0.2, 0) is 6.54 Å². The number of halogens is 1. The fourth-order valence-corrected chi connectivity index (χ4v) is 6.75. The standard InChI is InChI=1S/C28H30ClN2O4/c1-3-17-14-31(15-19-11-26-27(13-23(19)29)35-16-34-26)9-7-18(17)10-25(31)28(32)21-6-8-30-24-5-4-20(33-2)12-22(21)24/h3-6,8,11-13,17-18,25,28,32H,1,7,9-10,14-16H2,2H3/q+1. The first-order chi connectivity index (χ1) is 17.0. The Morgan fingerprint density at radius 2 is 2.09 bits per heavy atom. The Hall–Kier alpha value is -2.80. The molecule has 0 spiro atoms. The second-order valence-electron chi connectivity index (χ2n) is 10.1. The molecule has 0 radical (unpaired) electrons. The minimum atomic E-state index is -0.644. The van der Waals surface area contributed by atoms with E-state index in [4.69, 9.17) is 25.8 Å². The largest absolute Gasteiger partial charge is 0.497 e. The topological polar surface area (TPSA) is 60.8 Å². The van der Waals surface area contributed by atoms with Crippen molar-refractivity contribution in [3.63, 3.8) is 0 Å². The number of hydrogen-bond donors (Lipinski definition) is 1. The van der Waals surface area contributed by atoms with Crippen LogP contribution in [0.25, 0.3) is 10.9 Å². The van der Waals surface area contributed by atoms with Gasteiger partial charge in [0.25, 0.3) is 0 Å². The zero-order valence-electron chi connectivity index (χ0n) is 19.8. The maximum absolute atomic E-state index is 12.0. The summed E-state index contributed by atoms with van der Waals surface area (Å²) in [5, 5.41) is 13.6. The Bertz CT molecular complexity index is 1300. The molecule has 3 fully saturated rings. The summed E-state index contributed by atoms with van der Waals surface area (Å²) in [5.41, 5.74) is 2.78. The van der Waals surface area contributed by atoms with Crippen LogP contribution in [-0.4, -0.2) is 47.6 Å². The molecule has 2 bridgehead atoms. The molecule has 1 aromatic heterocycles. The van der Waals surface area contributed by atoms with Crippen LogP contribution < -0.4 is 14.2 Å². The fraction of sp³-hybridized carbons (Fsp3) is 0.393. The number of hydrogen-bond acceptors (Lipinski definition) is 5. The van der Waals surface area contributed by atoms with Crippen molar-refractivity contribution in [3.8, 4) is 17.2 Å². The summed E-state index contributed by atoms with van der Waals surface area (Å²) in [4.78, 5) is 4.52. The molecule has 0 amide bonds. The SMILES string of the molecule is C=CC1C[N+]2(Cc3cc4c(cc3Cl)OCO4)CCC1CC2C(O)c1ccnc2ccc(OC)cc12. The van der Waals surface area contributed by atoms with Crippen LogP contribution >= 0.6 is 11.6 Å². The first-order valence-corrected chi connectivity index (χ1v) is 12.6. The van der Waals surface area contributed by atoms with E-state index in [-0.39, 0.29) is 12.8 Å². The third-order valence-corrected chi connectivity index (χ3v) is 8.72. The predicted octanol–water partition coefficient (Wildman–Crippen LogP) is 5.27. The summed E-state index contributed by atoms with van der Waals surface area (Å²) >= 11 is 6.73. The second kappa shape index (κ2) is 8.70. The maximum atomic E-state index is 12.0. The number of nitrogens with zero attached hydrogens (tertiary/aromatic N) is 2. The summed E-state index contributed by atoms with van der Waals surface area (Å²) < 4.78 is 17.4. The maximum Gasteiger partial charge on any atom is 0.231 e. The van der Waals surface area contributed by atoms with Crippen LogP contribution in [0.3, 0.4) is 0 Å². The van der Waals surface area contributed by atoms with E-state index < -0.39 is 6.10 Å². The minimum absolute atomic E-state index is 0.0308. The lowest BCUT2D eigenvalue weighted by Gasteiger charge is -2.58. The highest BCUT2D eigenvalue weighted by Gasteiger charge is 2.54. The van der Waals surface area contributed by atoms with E-state index in [1.165, 1.54) is 0 Å². The van der Waals surface area contributed by atoms with Gasteiger partial charge in [-0.1, -0.05) is 17.7 Å². The van der Waals surface area contributed by atoms with E-state index in [1.54, 1.807) is 13.3 Å². The number of quaternary nitrogens is 1. The van der Waals surface area contributed by atoms with E-state index in [0.717, 1.165) is 70.5 Å². The van der Waals surface area contributed by atoms with Crippen LogP contribution in [0.2, 0.25) is 5.02 Å². The molecule has 182 valence electrons. The Kier molecular flexibility index (Phi) is 5.63. The molecule has 5 atom stereocenters. The van der Waals surface area contributed by atoms with Gasteiger partial charge in [-0.3, -0.25) is 4.98 Å². The quantitative estimate of drug-likeness (QED) is 0.374. The molecule has 0 aliphatic carbocycles. The zero-order chi connectivity index (χ0) is 24.2. The van der Waals surface area contributed by atoms with Gasteiger partial charge in [0.05, 0.1) is 30.7 Å². The normalized spacial score (nSPS) is 27.7. The van der Waals surface area contributed by atoms with Gasteiger partial charge in [0, 0.05) is 42.0 Å². The number of benzene rings is 2. The average Bonchev–Trinajstić information content (AvgIpc) is 3.34. The smallest absolute Gasteiger partial charge is 0.231 e. The van der Waals surface area contributed by atoms with Crippen molar-refractivity contribution in [2.75, 3.05) is 27.0 Å². The van der Waals surface area contributed by atoms with E-state index >= 15 is 0 Å². The number of fused-ring (bicyclic) bond motifs is 5. The Balaban J connectivity index is 1.41. The van der Waals surface area contributed by atoms with Crippen LogP contribution in [0.1, 0.15) is 30.1 Å². The lowest BCUT2D eigenvalue weighted by Crippen LogP contribution is -2.67. The highest BCUT2D eigenvalue weighted by Crippen LogP contribution is 2.49. The fourth-order valence-electron chi connectivity index (χ4n) is 6.54. The molecule has 4 aliphatic heterocycles. The summed E-state index contributed by atoms with van der Waals surface area (Å²) in [5.74, 6) is 3.14. The molecule has 0 saturated carbocycles. The molecule has 3 aromatic rings. The van der Waals surface area contributed by atoms with Crippen molar-refractivity contribution < 1.29 is 23.8 Å². The number of aliphatic hydroxyl groups is 1. The number of aliphatic hydroxyl groups excluding tert-OH is 1. The molecule has 2 aromatic carbocycles. The Morgan fingerprint density at radius 1 is 1.26 bits per heavy atom. The zero-order valence-corrected chi connectivity index (χ0v) is 20.6. The molecule has 5 unspecified atom stereocenters. The van der Waals surface area contributed by atoms with E-state index in [2.05, 4.69) is 17.6 Å². The molecular weight excluding hydrogens is 464 g/mol. The first kappa shape index (κ1) is 22.7. The van der Waals surface area contributed by atoms with Crippen LogP contribution in [0.4, 0.5) is 0 Å². The van der Waals surface area contributed by atoms with Gasteiger partial charge in [-0.2, -0.15) is 0 Å². The van der Waals surface area contributed by atoms with Gasteiger partial charge in [0.1, 0.15) is 24.4 Å². The molecule has 6 nitrogen and oxygen atoms in total. The molecule has 7 heteroatoms. The van der Waals surface area contributed by atoms with Crippen LogP contribution in [0.5, 0.6) is 17.2 Å². The monoisotopic (exact) mass is 493 g/mol. The van der Waals surface area contributed by atoms with Crippen molar-refractivity contribution in [2.24, 2.45) is 11.8 Å². The summed E-state index contributed by atoms with van der Waals surface area (Å²) in [6.07, 6.45) is 5.30. The lowest BCUT2D eigenvalue weighted by molar-refractivity contribution is -0.984. The number of ether oxygens (including phenoxy) is 3. The summed E-state index contributed by atoms with van der Waals surface area (Å²) in [6.45, 7) is 7.01. The third kappa shape index (κ3) is 3.75. The molecule has 35 heavy (non-hydrogen) atoms. The van der Waals surface area contributed by atoms with E-state index in [9.17, 15) is 5.11 Å². The molecule has 7 rings (SSSR count). The van der Waals surface area contributed by atoms with Crippen LogP contribution in [0, 0.1) is 11.8 Å². The van der Waals surface area contributed by atoms with Gasteiger partial charge >= 0.3 is 0 Å². The summed E-state index contributed by atoms with van der Waals surface area (Å²) in [6, 6.07) is 11.7. The average molecular weight is 494 g/mol. The summed E-state index contributed by atoms with van der Waals surface area (Å²) in [7, 11) is 1.66. The van der Waals surface area contributed by atoms with E-state index in [0.29, 0.717) is 22.6 Å². The van der Waals surface area contributed by atoms with E-state index in [1.807, 2.05) is 36.4 Å². The van der Waals surface area contributed by atoms with Crippen molar-refractivity contribution >= 4 is 22.5 Å². The predicted molar refractivity (Wildman–Crippen MR) is 135 cm³/mol.